The first kappa shape index (κ1) is 16.2. The smallest absolute Gasteiger partial charge is 0.128 e. The van der Waals surface area contributed by atoms with Crippen molar-refractivity contribution >= 4 is 0 Å². The number of rotatable bonds is 5. The van der Waals surface area contributed by atoms with Crippen LogP contribution in [0.25, 0.3) is 0 Å². The number of aryl methyl sites for hydroxylation is 1. The Bertz CT molecular complexity index is 491. The molecular weight excluding hydrogens is 264 g/mol. The monoisotopic (exact) mass is 292 g/mol. The lowest BCUT2D eigenvalue weighted by Gasteiger charge is -2.33. The number of benzene rings is 1. The summed E-state index contributed by atoms with van der Waals surface area (Å²) in [6.07, 6.45) is 3.31. The topological polar surface area (TPSA) is 38.7 Å². The van der Waals surface area contributed by atoms with Gasteiger partial charge in [0.05, 0.1) is 13.2 Å². The Morgan fingerprint density at radius 3 is 2.67 bits per heavy atom. The molecule has 1 aromatic carbocycles. The second-order valence-corrected chi connectivity index (χ2v) is 6.95. The van der Waals surface area contributed by atoms with E-state index in [0.717, 1.165) is 37.2 Å². The highest BCUT2D eigenvalue weighted by molar-refractivity contribution is 5.51. The van der Waals surface area contributed by atoms with Crippen LogP contribution < -0.4 is 9.47 Å². The molecule has 3 heteroatoms. The molecule has 1 heterocycles. The minimum Gasteiger partial charge on any atom is -0.496 e. The normalized spacial score (nSPS) is 18.0. The molecule has 21 heavy (non-hydrogen) atoms. The molecule has 0 saturated carbocycles. The molecule has 2 rings (SSSR count). The molecule has 1 aliphatic heterocycles. The van der Waals surface area contributed by atoms with Gasteiger partial charge in [-0.25, -0.2) is 0 Å². The molecule has 0 amide bonds. The van der Waals surface area contributed by atoms with E-state index >= 15 is 0 Å². The zero-order valence-corrected chi connectivity index (χ0v) is 13.9. The van der Waals surface area contributed by atoms with Crippen LogP contribution in [-0.4, -0.2) is 23.9 Å². The Hall–Kier alpha value is -1.22. The molecule has 0 aromatic heterocycles. The SMILES string of the molecule is COc1c(CCC(O)C(C)C)ccc2c1CCC(C)(C)O2. The lowest BCUT2D eigenvalue weighted by atomic mass is 9.91. The van der Waals surface area contributed by atoms with E-state index in [4.69, 9.17) is 9.47 Å². The number of ether oxygens (including phenoxy) is 2. The predicted molar refractivity (Wildman–Crippen MR) is 85.2 cm³/mol. The summed E-state index contributed by atoms with van der Waals surface area (Å²) in [5.74, 6) is 2.17. The summed E-state index contributed by atoms with van der Waals surface area (Å²) in [5, 5.41) is 9.99. The maximum Gasteiger partial charge on any atom is 0.128 e. The third kappa shape index (κ3) is 3.70. The van der Waals surface area contributed by atoms with Crippen LogP contribution in [0.2, 0.25) is 0 Å². The molecule has 0 spiro atoms. The highest BCUT2D eigenvalue weighted by atomic mass is 16.5. The van der Waals surface area contributed by atoms with E-state index < -0.39 is 0 Å². The molecule has 1 atom stereocenters. The third-order valence-corrected chi connectivity index (χ3v) is 4.35. The fraction of sp³-hybridized carbons (Fsp3) is 0.667. The molecule has 1 aromatic rings. The van der Waals surface area contributed by atoms with Crippen LogP contribution in [0.5, 0.6) is 11.5 Å². The van der Waals surface area contributed by atoms with Crippen molar-refractivity contribution in [2.24, 2.45) is 5.92 Å². The highest BCUT2D eigenvalue weighted by Gasteiger charge is 2.29. The Labute approximate surface area is 128 Å². The molecule has 118 valence electrons. The van der Waals surface area contributed by atoms with Crippen LogP contribution in [0.15, 0.2) is 12.1 Å². The number of aliphatic hydroxyl groups is 1. The zero-order valence-electron chi connectivity index (χ0n) is 13.9. The molecule has 0 saturated heterocycles. The lowest BCUT2D eigenvalue weighted by Crippen LogP contribution is -2.32. The lowest BCUT2D eigenvalue weighted by molar-refractivity contribution is 0.0835. The average molecular weight is 292 g/mol. The van der Waals surface area contributed by atoms with Gasteiger partial charge in [0.15, 0.2) is 0 Å². The van der Waals surface area contributed by atoms with E-state index in [-0.39, 0.29) is 17.6 Å². The highest BCUT2D eigenvalue weighted by Crippen LogP contribution is 2.40. The molecule has 3 nitrogen and oxygen atoms in total. The van der Waals surface area contributed by atoms with Gasteiger partial charge in [-0.15, -0.1) is 0 Å². The number of fused-ring (bicyclic) bond motifs is 1. The van der Waals surface area contributed by atoms with Crippen LogP contribution in [0, 0.1) is 5.92 Å². The summed E-state index contributed by atoms with van der Waals surface area (Å²) in [6.45, 7) is 8.33. The average Bonchev–Trinajstić information content (AvgIpc) is 2.42. The summed E-state index contributed by atoms with van der Waals surface area (Å²) in [7, 11) is 1.72. The second-order valence-electron chi connectivity index (χ2n) is 6.95. The van der Waals surface area contributed by atoms with Gasteiger partial charge in [-0.05, 0) is 57.1 Å². The fourth-order valence-electron chi connectivity index (χ4n) is 2.85. The fourth-order valence-corrected chi connectivity index (χ4v) is 2.85. The van der Waals surface area contributed by atoms with Gasteiger partial charge >= 0.3 is 0 Å². The van der Waals surface area contributed by atoms with Crippen LogP contribution in [0.4, 0.5) is 0 Å². The summed E-state index contributed by atoms with van der Waals surface area (Å²) in [4.78, 5) is 0. The molecule has 1 aliphatic rings. The third-order valence-electron chi connectivity index (χ3n) is 4.35. The largest absolute Gasteiger partial charge is 0.496 e. The van der Waals surface area contributed by atoms with E-state index in [1.165, 1.54) is 11.1 Å². The zero-order chi connectivity index (χ0) is 15.6. The van der Waals surface area contributed by atoms with Gasteiger partial charge in [-0.3, -0.25) is 0 Å². The standard InChI is InChI=1S/C18H28O3/c1-12(2)15(19)8-6-13-7-9-16-14(17(13)20-5)10-11-18(3,4)21-16/h7,9,12,15,19H,6,8,10-11H2,1-5H3. The van der Waals surface area contributed by atoms with Crippen LogP contribution in [-0.2, 0) is 12.8 Å². The van der Waals surface area contributed by atoms with Crippen LogP contribution in [0.1, 0.15) is 51.7 Å². The number of hydrogen-bond donors (Lipinski definition) is 1. The van der Waals surface area contributed by atoms with E-state index in [0.29, 0.717) is 0 Å². The van der Waals surface area contributed by atoms with Crippen molar-refractivity contribution in [2.45, 2.75) is 65.1 Å². The minimum absolute atomic E-state index is 0.104. The van der Waals surface area contributed by atoms with Gasteiger partial charge in [0.2, 0.25) is 0 Å². The first-order valence-corrected chi connectivity index (χ1v) is 7.90. The summed E-state index contributed by atoms with van der Waals surface area (Å²) in [6, 6.07) is 4.13. The van der Waals surface area contributed by atoms with Gasteiger partial charge < -0.3 is 14.6 Å². The molecule has 0 bridgehead atoms. The first-order valence-electron chi connectivity index (χ1n) is 7.90. The predicted octanol–water partition coefficient (Wildman–Crippen LogP) is 3.75. The first-order chi connectivity index (χ1) is 9.84. The number of hydrogen-bond acceptors (Lipinski definition) is 3. The van der Waals surface area contributed by atoms with Crippen molar-refractivity contribution in [3.8, 4) is 11.5 Å². The van der Waals surface area contributed by atoms with Crippen LogP contribution >= 0.6 is 0 Å². The van der Waals surface area contributed by atoms with Gasteiger partial charge in [0.1, 0.15) is 17.1 Å². The summed E-state index contributed by atoms with van der Waals surface area (Å²) < 4.78 is 11.7. The Kier molecular flexibility index (Phi) is 4.82. The van der Waals surface area contributed by atoms with Crippen molar-refractivity contribution in [3.05, 3.63) is 23.3 Å². The van der Waals surface area contributed by atoms with E-state index in [9.17, 15) is 5.11 Å². The van der Waals surface area contributed by atoms with Crippen molar-refractivity contribution < 1.29 is 14.6 Å². The molecule has 1 N–H and O–H groups in total. The molecule has 1 unspecified atom stereocenters. The molecule has 0 radical (unpaired) electrons. The molecule has 0 aliphatic carbocycles. The Balaban J connectivity index is 2.21. The Morgan fingerprint density at radius 2 is 2.05 bits per heavy atom. The number of methoxy groups -OCH3 is 1. The van der Waals surface area contributed by atoms with Crippen molar-refractivity contribution in [1.29, 1.82) is 0 Å². The van der Waals surface area contributed by atoms with Crippen molar-refractivity contribution in [3.63, 3.8) is 0 Å². The van der Waals surface area contributed by atoms with Crippen molar-refractivity contribution in [1.82, 2.24) is 0 Å². The second kappa shape index (κ2) is 6.27. The van der Waals surface area contributed by atoms with Crippen molar-refractivity contribution in [2.75, 3.05) is 7.11 Å². The van der Waals surface area contributed by atoms with Gasteiger partial charge in [0, 0.05) is 5.56 Å². The van der Waals surface area contributed by atoms with E-state index in [1.807, 2.05) is 13.8 Å². The quantitative estimate of drug-likeness (QED) is 0.898. The molecule has 0 fully saturated rings. The number of aliphatic hydroxyl groups excluding tert-OH is 1. The summed E-state index contributed by atoms with van der Waals surface area (Å²) >= 11 is 0. The summed E-state index contributed by atoms with van der Waals surface area (Å²) in [5.41, 5.74) is 2.24. The van der Waals surface area contributed by atoms with Gasteiger partial charge in [-0.2, -0.15) is 0 Å². The maximum atomic E-state index is 9.99. The van der Waals surface area contributed by atoms with Crippen LogP contribution in [0.3, 0.4) is 0 Å². The van der Waals surface area contributed by atoms with E-state index in [2.05, 4.69) is 26.0 Å². The van der Waals surface area contributed by atoms with Gasteiger partial charge in [-0.1, -0.05) is 19.9 Å². The van der Waals surface area contributed by atoms with Gasteiger partial charge in [0.25, 0.3) is 0 Å². The van der Waals surface area contributed by atoms with E-state index in [1.54, 1.807) is 7.11 Å². The molecular formula is C18H28O3. The maximum absolute atomic E-state index is 9.99. The Morgan fingerprint density at radius 1 is 1.33 bits per heavy atom. The minimum atomic E-state index is -0.263.